The van der Waals surface area contributed by atoms with Gasteiger partial charge >= 0.3 is 5.97 Å². The van der Waals surface area contributed by atoms with Crippen LogP contribution >= 0.6 is 0 Å². The standard InChI is InChI=1S/C18H21NO6/c20-13-8-6-11(7-9-13)18-10-19(12-4-2-1-3-5-12)16(21)14(24-18)15(25-18)17(22)23/h6-9,12,14-15,20H,1-5,10H2,(H,22,23). The van der Waals surface area contributed by atoms with Crippen LogP contribution in [0.1, 0.15) is 37.7 Å². The molecule has 3 atom stereocenters. The van der Waals surface area contributed by atoms with Crippen LogP contribution in [0.2, 0.25) is 0 Å². The number of rotatable bonds is 3. The lowest BCUT2D eigenvalue weighted by molar-refractivity contribution is -0.223. The van der Waals surface area contributed by atoms with Crippen LogP contribution in [0.25, 0.3) is 0 Å². The van der Waals surface area contributed by atoms with Crippen LogP contribution in [-0.2, 0) is 24.8 Å². The summed E-state index contributed by atoms with van der Waals surface area (Å²) in [6, 6.07) is 6.39. The van der Waals surface area contributed by atoms with E-state index < -0.39 is 24.0 Å². The fourth-order valence-corrected chi connectivity index (χ4v) is 4.11. The SMILES string of the molecule is O=C(O)C1OC2(c3ccc(O)cc3)CN(C3CCCCC3)C(=O)C1O2. The van der Waals surface area contributed by atoms with Gasteiger partial charge in [0, 0.05) is 11.6 Å². The highest BCUT2D eigenvalue weighted by atomic mass is 16.8. The van der Waals surface area contributed by atoms with Crippen molar-refractivity contribution in [3.05, 3.63) is 29.8 Å². The number of nitrogens with zero attached hydrogens (tertiary/aromatic N) is 1. The fourth-order valence-electron chi connectivity index (χ4n) is 4.11. The van der Waals surface area contributed by atoms with Gasteiger partial charge in [-0.1, -0.05) is 19.3 Å². The molecule has 1 aromatic rings. The number of hydrogen-bond acceptors (Lipinski definition) is 5. The molecule has 7 nitrogen and oxygen atoms in total. The quantitative estimate of drug-likeness (QED) is 0.862. The van der Waals surface area contributed by atoms with Crippen LogP contribution < -0.4 is 0 Å². The number of fused-ring (bicyclic) bond motifs is 2. The van der Waals surface area contributed by atoms with Crippen LogP contribution in [0.4, 0.5) is 0 Å². The third kappa shape index (κ3) is 2.67. The number of benzene rings is 1. The second-order valence-electron chi connectivity index (χ2n) is 6.97. The molecule has 1 amide bonds. The number of carbonyl (C=O) groups is 2. The number of carboxylic acids is 1. The van der Waals surface area contributed by atoms with Crippen LogP contribution in [0.3, 0.4) is 0 Å². The van der Waals surface area contributed by atoms with Crippen LogP contribution in [0, 0.1) is 0 Å². The zero-order valence-electron chi connectivity index (χ0n) is 13.8. The molecule has 2 saturated heterocycles. The molecule has 1 aliphatic carbocycles. The molecule has 25 heavy (non-hydrogen) atoms. The van der Waals surface area contributed by atoms with Crippen molar-refractivity contribution in [1.29, 1.82) is 0 Å². The van der Waals surface area contributed by atoms with Crippen molar-refractivity contribution < 1.29 is 29.3 Å². The molecule has 1 saturated carbocycles. The number of amides is 1. The summed E-state index contributed by atoms with van der Waals surface area (Å²) in [7, 11) is 0. The highest BCUT2D eigenvalue weighted by Gasteiger charge is 2.61. The molecule has 0 spiro atoms. The molecule has 2 bridgehead atoms. The van der Waals surface area contributed by atoms with Gasteiger partial charge < -0.3 is 24.6 Å². The second-order valence-corrected chi connectivity index (χ2v) is 6.97. The molecule has 4 rings (SSSR count). The summed E-state index contributed by atoms with van der Waals surface area (Å²) in [4.78, 5) is 26.2. The third-order valence-corrected chi connectivity index (χ3v) is 5.38. The van der Waals surface area contributed by atoms with Crippen molar-refractivity contribution in [1.82, 2.24) is 4.90 Å². The smallest absolute Gasteiger partial charge is 0.336 e. The first-order valence-electron chi connectivity index (χ1n) is 8.69. The van der Waals surface area contributed by atoms with Crippen molar-refractivity contribution in [3.63, 3.8) is 0 Å². The van der Waals surface area contributed by atoms with Gasteiger partial charge in [0.25, 0.3) is 5.91 Å². The normalized spacial score (nSPS) is 32.8. The van der Waals surface area contributed by atoms with Crippen molar-refractivity contribution in [2.75, 3.05) is 6.54 Å². The van der Waals surface area contributed by atoms with E-state index in [4.69, 9.17) is 9.47 Å². The number of ether oxygens (including phenoxy) is 2. The number of carboxylic acid groups (broad SMARTS) is 1. The van der Waals surface area contributed by atoms with Crippen molar-refractivity contribution in [2.45, 2.75) is 56.1 Å². The van der Waals surface area contributed by atoms with Crippen LogP contribution in [0.15, 0.2) is 24.3 Å². The highest BCUT2D eigenvalue weighted by molar-refractivity contribution is 5.90. The summed E-state index contributed by atoms with van der Waals surface area (Å²) in [6.45, 7) is 0.168. The van der Waals surface area contributed by atoms with E-state index in [9.17, 15) is 19.8 Å². The Morgan fingerprint density at radius 3 is 2.44 bits per heavy atom. The van der Waals surface area contributed by atoms with Crippen LogP contribution in [0.5, 0.6) is 5.75 Å². The maximum absolute atomic E-state index is 12.8. The minimum absolute atomic E-state index is 0.0975. The lowest BCUT2D eigenvalue weighted by Crippen LogP contribution is -2.57. The molecule has 7 heteroatoms. The average Bonchev–Trinajstić information content (AvgIpc) is 2.96. The van der Waals surface area contributed by atoms with E-state index in [-0.39, 0.29) is 24.2 Å². The van der Waals surface area contributed by atoms with Gasteiger partial charge in [-0.15, -0.1) is 0 Å². The Morgan fingerprint density at radius 1 is 1.12 bits per heavy atom. The van der Waals surface area contributed by atoms with Gasteiger partial charge in [0.15, 0.2) is 12.2 Å². The fraction of sp³-hybridized carbons (Fsp3) is 0.556. The van der Waals surface area contributed by atoms with Gasteiger partial charge in [-0.2, -0.15) is 0 Å². The monoisotopic (exact) mass is 347 g/mol. The van der Waals surface area contributed by atoms with Crippen LogP contribution in [-0.4, -0.2) is 51.8 Å². The summed E-state index contributed by atoms with van der Waals surface area (Å²) < 4.78 is 11.6. The largest absolute Gasteiger partial charge is 0.508 e. The predicted molar refractivity (Wildman–Crippen MR) is 85.8 cm³/mol. The number of phenolic OH excluding ortho intramolecular Hbond substituents is 1. The number of aliphatic carboxylic acids is 1. The number of aromatic hydroxyl groups is 1. The van der Waals surface area contributed by atoms with Crippen molar-refractivity contribution >= 4 is 11.9 Å². The summed E-state index contributed by atoms with van der Waals surface area (Å²) in [6.07, 6.45) is 2.67. The Morgan fingerprint density at radius 2 is 1.80 bits per heavy atom. The first-order chi connectivity index (χ1) is 12.0. The summed E-state index contributed by atoms with van der Waals surface area (Å²) in [5.41, 5.74) is 0.604. The average molecular weight is 347 g/mol. The Kier molecular flexibility index (Phi) is 3.92. The molecular formula is C18H21NO6. The van der Waals surface area contributed by atoms with Gasteiger partial charge in [0.05, 0.1) is 6.54 Å². The van der Waals surface area contributed by atoms with E-state index in [0.717, 1.165) is 32.1 Å². The number of phenols is 1. The number of hydrogen-bond donors (Lipinski definition) is 2. The minimum Gasteiger partial charge on any atom is -0.508 e. The molecule has 134 valence electrons. The second kappa shape index (κ2) is 6.00. The Labute approximate surface area is 145 Å². The van der Waals surface area contributed by atoms with Gasteiger partial charge in [0.2, 0.25) is 5.79 Å². The molecule has 3 aliphatic rings. The maximum Gasteiger partial charge on any atom is 0.336 e. The molecule has 0 radical (unpaired) electrons. The zero-order valence-corrected chi connectivity index (χ0v) is 13.8. The molecular weight excluding hydrogens is 326 g/mol. The van der Waals surface area contributed by atoms with E-state index in [1.807, 2.05) is 0 Å². The summed E-state index contributed by atoms with van der Waals surface area (Å²) in [5.74, 6) is -2.71. The first-order valence-corrected chi connectivity index (χ1v) is 8.69. The Bertz CT molecular complexity index is 683. The van der Waals surface area contributed by atoms with Gasteiger partial charge in [0.1, 0.15) is 5.75 Å². The van der Waals surface area contributed by atoms with E-state index in [0.29, 0.717) is 5.56 Å². The Balaban J connectivity index is 1.71. The molecule has 2 aliphatic heterocycles. The number of carbonyl (C=O) groups excluding carboxylic acids is 1. The lowest BCUT2D eigenvalue weighted by Gasteiger charge is -2.43. The molecule has 2 heterocycles. The molecule has 2 N–H and O–H groups in total. The first kappa shape index (κ1) is 16.4. The summed E-state index contributed by atoms with van der Waals surface area (Å²) in [5, 5.41) is 19.0. The van der Waals surface area contributed by atoms with E-state index in [1.165, 1.54) is 12.1 Å². The zero-order chi connectivity index (χ0) is 17.6. The van der Waals surface area contributed by atoms with E-state index in [2.05, 4.69) is 0 Å². The maximum atomic E-state index is 12.8. The molecule has 0 aromatic heterocycles. The molecule has 1 aromatic carbocycles. The third-order valence-electron chi connectivity index (χ3n) is 5.38. The van der Waals surface area contributed by atoms with E-state index in [1.54, 1.807) is 17.0 Å². The Hall–Kier alpha value is -2.12. The molecule has 3 fully saturated rings. The van der Waals surface area contributed by atoms with Gasteiger partial charge in [-0.05, 0) is 37.1 Å². The van der Waals surface area contributed by atoms with Gasteiger partial charge in [-0.25, -0.2) is 4.79 Å². The number of morpholine rings is 1. The van der Waals surface area contributed by atoms with Crippen molar-refractivity contribution in [2.24, 2.45) is 0 Å². The predicted octanol–water partition coefficient (Wildman–Crippen LogP) is 1.59. The summed E-state index contributed by atoms with van der Waals surface area (Å²) >= 11 is 0. The van der Waals surface area contributed by atoms with E-state index >= 15 is 0 Å². The lowest BCUT2D eigenvalue weighted by atomic mass is 9.92. The van der Waals surface area contributed by atoms with Crippen molar-refractivity contribution in [3.8, 4) is 5.75 Å². The molecule has 3 unspecified atom stereocenters. The minimum atomic E-state index is -1.32. The highest BCUT2D eigenvalue weighted by Crippen LogP contribution is 2.44. The van der Waals surface area contributed by atoms with Gasteiger partial charge in [-0.3, -0.25) is 4.79 Å². The topological polar surface area (TPSA) is 96.3 Å².